The lowest BCUT2D eigenvalue weighted by Gasteiger charge is -2.15. The Hall–Kier alpha value is -1.62. The quantitative estimate of drug-likeness (QED) is 0.820. The number of hydrogen-bond acceptors (Lipinski definition) is 4. The van der Waals surface area contributed by atoms with Gasteiger partial charge in [0.15, 0.2) is 5.82 Å². The molecular weight excluding hydrogens is 286 g/mol. The molecular formula is C15H22ClN5. The van der Waals surface area contributed by atoms with Crippen LogP contribution in [0.25, 0.3) is 11.4 Å². The highest BCUT2D eigenvalue weighted by molar-refractivity contribution is 6.31. The molecule has 0 bridgehead atoms. The van der Waals surface area contributed by atoms with Gasteiger partial charge in [0.25, 0.3) is 0 Å². The van der Waals surface area contributed by atoms with Crippen LogP contribution >= 0.6 is 11.6 Å². The number of anilines is 1. The molecule has 0 aliphatic carbocycles. The molecule has 0 amide bonds. The van der Waals surface area contributed by atoms with Crippen molar-refractivity contribution in [2.45, 2.75) is 46.1 Å². The fourth-order valence-electron chi connectivity index (χ4n) is 2.35. The van der Waals surface area contributed by atoms with Crippen molar-refractivity contribution in [3.63, 3.8) is 0 Å². The van der Waals surface area contributed by atoms with Crippen molar-refractivity contribution in [2.75, 3.05) is 5.73 Å². The van der Waals surface area contributed by atoms with Crippen molar-refractivity contribution in [3.8, 4) is 11.4 Å². The maximum absolute atomic E-state index is 6.03. The van der Waals surface area contributed by atoms with Gasteiger partial charge in [-0.25, -0.2) is 4.68 Å². The lowest BCUT2D eigenvalue weighted by molar-refractivity contribution is 0.414. The third kappa shape index (κ3) is 3.94. The van der Waals surface area contributed by atoms with Crippen LogP contribution in [-0.2, 0) is 0 Å². The standard InChI is InChI=1S/C15H22ClN5/c1-10(2)5-4-6-11(3)21-15(18-19-20-21)13-8-7-12(16)9-14(13)17/h7-11H,4-6,17H2,1-3H3. The Morgan fingerprint density at radius 1 is 1.24 bits per heavy atom. The second-order valence-electron chi connectivity index (χ2n) is 5.85. The van der Waals surface area contributed by atoms with E-state index in [9.17, 15) is 0 Å². The first-order valence-electron chi connectivity index (χ1n) is 7.32. The summed E-state index contributed by atoms with van der Waals surface area (Å²) in [7, 11) is 0. The predicted octanol–water partition coefficient (Wildman–Crippen LogP) is 3.96. The fourth-order valence-corrected chi connectivity index (χ4v) is 2.53. The second kappa shape index (κ2) is 6.89. The summed E-state index contributed by atoms with van der Waals surface area (Å²) in [6.07, 6.45) is 3.42. The summed E-state index contributed by atoms with van der Waals surface area (Å²) in [5.41, 5.74) is 7.44. The van der Waals surface area contributed by atoms with Gasteiger partial charge in [-0.1, -0.05) is 38.3 Å². The summed E-state index contributed by atoms with van der Waals surface area (Å²) in [5, 5.41) is 12.7. The molecule has 0 saturated heterocycles. The number of nitrogens with zero attached hydrogens (tertiary/aromatic N) is 4. The highest BCUT2D eigenvalue weighted by Gasteiger charge is 2.16. The first kappa shape index (κ1) is 15.8. The smallest absolute Gasteiger partial charge is 0.184 e. The minimum atomic E-state index is 0.240. The number of tetrazole rings is 1. The highest BCUT2D eigenvalue weighted by atomic mass is 35.5. The second-order valence-corrected chi connectivity index (χ2v) is 6.29. The number of nitrogens with two attached hydrogens (primary N) is 1. The molecule has 0 fully saturated rings. The van der Waals surface area contributed by atoms with Crippen LogP contribution in [0.5, 0.6) is 0 Å². The van der Waals surface area contributed by atoms with Crippen LogP contribution in [0, 0.1) is 5.92 Å². The molecule has 2 N–H and O–H groups in total. The number of halogens is 1. The van der Waals surface area contributed by atoms with Crippen molar-refractivity contribution in [1.29, 1.82) is 0 Å². The minimum absolute atomic E-state index is 0.240. The SMILES string of the molecule is CC(C)CCCC(C)n1nnnc1-c1ccc(Cl)cc1N. The lowest BCUT2D eigenvalue weighted by atomic mass is 10.0. The molecule has 0 spiro atoms. The van der Waals surface area contributed by atoms with E-state index in [4.69, 9.17) is 17.3 Å². The van der Waals surface area contributed by atoms with Gasteiger partial charge in [-0.15, -0.1) is 5.10 Å². The summed E-state index contributed by atoms with van der Waals surface area (Å²) in [6, 6.07) is 5.62. The van der Waals surface area contributed by atoms with Crippen molar-refractivity contribution in [1.82, 2.24) is 20.2 Å². The van der Waals surface area contributed by atoms with Crippen LogP contribution < -0.4 is 5.73 Å². The number of aromatic nitrogens is 4. The first-order chi connectivity index (χ1) is 9.99. The molecule has 114 valence electrons. The molecule has 0 aliphatic heterocycles. The largest absolute Gasteiger partial charge is 0.398 e. The third-order valence-electron chi connectivity index (χ3n) is 3.57. The Labute approximate surface area is 130 Å². The van der Waals surface area contributed by atoms with Gasteiger partial charge in [-0.3, -0.25) is 0 Å². The molecule has 21 heavy (non-hydrogen) atoms. The van der Waals surface area contributed by atoms with E-state index < -0.39 is 0 Å². The van der Waals surface area contributed by atoms with Crippen molar-refractivity contribution in [3.05, 3.63) is 23.2 Å². The van der Waals surface area contributed by atoms with E-state index in [1.807, 2.05) is 10.7 Å². The van der Waals surface area contributed by atoms with Crippen molar-refractivity contribution < 1.29 is 0 Å². The molecule has 1 heterocycles. The number of nitrogen functional groups attached to an aromatic ring is 1. The molecule has 1 atom stereocenters. The number of rotatable bonds is 6. The molecule has 0 radical (unpaired) electrons. The molecule has 1 unspecified atom stereocenters. The van der Waals surface area contributed by atoms with Gasteiger partial charge in [-0.2, -0.15) is 0 Å². The summed E-state index contributed by atoms with van der Waals surface area (Å²) in [5.74, 6) is 1.42. The van der Waals surface area contributed by atoms with Crippen LogP contribution in [0.1, 0.15) is 46.1 Å². The van der Waals surface area contributed by atoms with Gasteiger partial charge >= 0.3 is 0 Å². The summed E-state index contributed by atoms with van der Waals surface area (Å²) in [4.78, 5) is 0. The van der Waals surface area contributed by atoms with Gasteiger partial charge in [0.05, 0.1) is 6.04 Å². The average molecular weight is 308 g/mol. The van der Waals surface area contributed by atoms with Gasteiger partial charge < -0.3 is 5.73 Å². The van der Waals surface area contributed by atoms with Gasteiger partial charge in [0.2, 0.25) is 0 Å². The number of benzene rings is 1. The van der Waals surface area contributed by atoms with E-state index in [2.05, 4.69) is 36.3 Å². The zero-order chi connectivity index (χ0) is 15.4. The zero-order valence-corrected chi connectivity index (χ0v) is 13.5. The van der Waals surface area contributed by atoms with E-state index in [0.29, 0.717) is 16.5 Å². The van der Waals surface area contributed by atoms with E-state index in [0.717, 1.165) is 24.3 Å². The molecule has 1 aromatic heterocycles. The van der Waals surface area contributed by atoms with E-state index in [1.165, 1.54) is 6.42 Å². The lowest BCUT2D eigenvalue weighted by Crippen LogP contribution is -2.10. The Kier molecular flexibility index (Phi) is 5.17. The summed E-state index contributed by atoms with van der Waals surface area (Å²) < 4.78 is 1.85. The van der Waals surface area contributed by atoms with Crippen LogP contribution in [0.15, 0.2) is 18.2 Å². The fraction of sp³-hybridized carbons (Fsp3) is 0.533. The van der Waals surface area contributed by atoms with Crippen LogP contribution in [0.2, 0.25) is 5.02 Å². The van der Waals surface area contributed by atoms with Crippen molar-refractivity contribution >= 4 is 17.3 Å². The normalized spacial score (nSPS) is 12.8. The molecule has 0 saturated carbocycles. The maximum atomic E-state index is 6.03. The third-order valence-corrected chi connectivity index (χ3v) is 3.80. The van der Waals surface area contributed by atoms with E-state index >= 15 is 0 Å². The molecule has 1 aromatic carbocycles. The minimum Gasteiger partial charge on any atom is -0.398 e. The molecule has 2 rings (SSSR count). The average Bonchev–Trinajstić information content (AvgIpc) is 2.87. The van der Waals surface area contributed by atoms with Gasteiger partial charge in [0.1, 0.15) is 0 Å². The van der Waals surface area contributed by atoms with Crippen LogP contribution in [0.3, 0.4) is 0 Å². The topological polar surface area (TPSA) is 69.6 Å². The number of hydrogen-bond donors (Lipinski definition) is 1. The summed E-state index contributed by atoms with van der Waals surface area (Å²) in [6.45, 7) is 6.61. The van der Waals surface area contributed by atoms with E-state index in [-0.39, 0.29) is 6.04 Å². The van der Waals surface area contributed by atoms with Gasteiger partial charge in [-0.05, 0) is 47.9 Å². The van der Waals surface area contributed by atoms with Crippen molar-refractivity contribution in [2.24, 2.45) is 5.92 Å². The highest BCUT2D eigenvalue weighted by Crippen LogP contribution is 2.29. The Morgan fingerprint density at radius 3 is 2.67 bits per heavy atom. The van der Waals surface area contributed by atoms with Gasteiger partial charge in [0, 0.05) is 16.3 Å². The summed E-state index contributed by atoms with van der Waals surface area (Å²) >= 11 is 5.94. The van der Waals surface area contributed by atoms with Crippen LogP contribution in [0.4, 0.5) is 5.69 Å². The molecule has 5 nitrogen and oxygen atoms in total. The Morgan fingerprint density at radius 2 is 2.00 bits per heavy atom. The zero-order valence-electron chi connectivity index (χ0n) is 12.8. The molecule has 0 aliphatic rings. The Bertz CT molecular complexity index is 593. The molecule has 2 aromatic rings. The predicted molar refractivity (Wildman–Crippen MR) is 86.1 cm³/mol. The first-order valence-corrected chi connectivity index (χ1v) is 7.70. The molecule has 6 heteroatoms. The maximum Gasteiger partial charge on any atom is 0.184 e. The Balaban J connectivity index is 2.18. The van der Waals surface area contributed by atoms with Crippen LogP contribution in [-0.4, -0.2) is 20.2 Å². The monoisotopic (exact) mass is 307 g/mol. The van der Waals surface area contributed by atoms with E-state index in [1.54, 1.807) is 12.1 Å².